The summed E-state index contributed by atoms with van der Waals surface area (Å²) < 4.78 is 24.4. The van der Waals surface area contributed by atoms with Gasteiger partial charge in [0.2, 0.25) is 0 Å². The van der Waals surface area contributed by atoms with Crippen LogP contribution in [-0.4, -0.2) is 14.2 Å². The van der Waals surface area contributed by atoms with Crippen molar-refractivity contribution in [2.45, 2.75) is 38.0 Å². The van der Waals surface area contributed by atoms with Crippen molar-refractivity contribution in [1.82, 2.24) is 0 Å². The van der Waals surface area contributed by atoms with E-state index in [1.54, 1.807) is 12.1 Å². The number of halogens is 1. The van der Waals surface area contributed by atoms with Gasteiger partial charge in [0.1, 0.15) is 0 Å². The maximum absolute atomic E-state index is 12.2. The average molecular weight is 302 g/mol. The summed E-state index contributed by atoms with van der Waals surface area (Å²) >= 11 is 6.11. The van der Waals surface area contributed by atoms with Crippen LogP contribution in [0, 0.1) is 5.92 Å². The molecule has 1 fully saturated rings. The summed E-state index contributed by atoms with van der Waals surface area (Å²) in [5.41, 5.74) is 7.12. The zero-order chi connectivity index (χ0) is 13.9. The molecule has 0 heterocycles. The van der Waals surface area contributed by atoms with Crippen LogP contribution < -0.4 is 5.73 Å². The van der Waals surface area contributed by atoms with Crippen LogP contribution in [0.4, 0.5) is 0 Å². The third-order valence-electron chi connectivity index (χ3n) is 3.69. The van der Waals surface area contributed by atoms with Gasteiger partial charge in [-0.25, -0.2) is 8.42 Å². The number of benzene rings is 1. The molecular weight excluding hydrogens is 282 g/mol. The van der Waals surface area contributed by atoms with E-state index in [4.69, 9.17) is 17.3 Å². The van der Waals surface area contributed by atoms with Gasteiger partial charge in [-0.3, -0.25) is 0 Å². The number of hydrogen-bond acceptors (Lipinski definition) is 3. The first-order chi connectivity index (χ1) is 9.00. The van der Waals surface area contributed by atoms with Gasteiger partial charge in [-0.1, -0.05) is 36.6 Å². The van der Waals surface area contributed by atoms with E-state index >= 15 is 0 Å². The molecule has 1 aromatic rings. The van der Waals surface area contributed by atoms with E-state index in [0.717, 1.165) is 31.2 Å². The van der Waals surface area contributed by atoms with E-state index in [1.807, 2.05) is 6.07 Å². The minimum absolute atomic E-state index is 0.0349. The molecule has 3 nitrogen and oxygen atoms in total. The second-order valence-corrected chi connectivity index (χ2v) is 7.85. The van der Waals surface area contributed by atoms with Crippen molar-refractivity contribution in [3.05, 3.63) is 34.3 Å². The molecule has 0 spiro atoms. The van der Waals surface area contributed by atoms with Crippen molar-refractivity contribution < 1.29 is 8.42 Å². The van der Waals surface area contributed by atoms with E-state index < -0.39 is 9.84 Å². The molecule has 5 heteroatoms. The maximum atomic E-state index is 12.2. The molecule has 106 valence electrons. The molecule has 1 aromatic carbocycles. The molecule has 1 aliphatic rings. The third kappa shape index (κ3) is 4.20. The standard InChI is InChI=1S/C14H20ClNO2S/c15-14-7-12(8-16)5-6-13(14)10-19(17,18)9-11-3-1-2-4-11/h5-7,11H,1-4,8-10,16H2. The Morgan fingerprint density at radius 2 is 1.95 bits per heavy atom. The Hall–Kier alpha value is -0.580. The molecule has 0 amide bonds. The Morgan fingerprint density at radius 3 is 2.53 bits per heavy atom. The van der Waals surface area contributed by atoms with Crippen molar-refractivity contribution in [3.8, 4) is 0 Å². The van der Waals surface area contributed by atoms with Gasteiger partial charge in [0.25, 0.3) is 0 Å². The Kier molecular flexibility index (Phi) is 4.87. The van der Waals surface area contributed by atoms with Crippen molar-refractivity contribution in [3.63, 3.8) is 0 Å². The van der Waals surface area contributed by atoms with E-state index in [-0.39, 0.29) is 5.75 Å². The molecule has 1 aliphatic carbocycles. The summed E-state index contributed by atoms with van der Waals surface area (Å²) in [6.07, 6.45) is 4.40. The molecule has 0 bridgehead atoms. The van der Waals surface area contributed by atoms with Crippen LogP contribution >= 0.6 is 11.6 Å². The quantitative estimate of drug-likeness (QED) is 0.909. The van der Waals surface area contributed by atoms with Crippen LogP contribution in [0.25, 0.3) is 0 Å². The van der Waals surface area contributed by atoms with Crippen LogP contribution in [-0.2, 0) is 22.1 Å². The lowest BCUT2D eigenvalue weighted by molar-refractivity contribution is 0.558. The first-order valence-electron chi connectivity index (χ1n) is 6.68. The number of nitrogens with two attached hydrogens (primary N) is 1. The van der Waals surface area contributed by atoms with Crippen LogP contribution in [0.1, 0.15) is 36.8 Å². The molecule has 0 saturated heterocycles. The highest BCUT2D eigenvalue weighted by atomic mass is 35.5. The Labute approximate surface area is 120 Å². The third-order valence-corrected chi connectivity index (χ3v) is 5.77. The lowest BCUT2D eigenvalue weighted by Gasteiger charge is -2.11. The second kappa shape index (κ2) is 6.25. The average Bonchev–Trinajstić information content (AvgIpc) is 2.83. The fourth-order valence-electron chi connectivity index (χ4n) is 2.67. The molecule has 0 aromatic heterocycles. The molecule has 0 radical (unpaired) electrons. The molecule has 0 atom stereocenters. The second-order valence-electron chi connectivity index (χ2n) is 5.33. The van der Waals surface area contributed by atoms with Crippen molar-refractivity contribution in [2.75, 3.05) is 5.75 Å². The number of sulfone groups is 1. The molecule has 1 saturated carbocycles. The summed E-state index contributed by atoms with van der Waals surface area (Å²) in [5, 5.41) is 0.498. The van der Waals surface area contributed by atoms with Gasteiger partial charge in [-0.2, -0.15) is 0 Å². The first kappa shape index (κ1) is 14.8. The minimum atomic E-state index is -3.08. The smallest absolute Gasteiger partial charge is 0.154 e. The van der Waals surface area contributed by atoms with Crippen LogP contribution in [0.5, 0.6) is 0 Å². The van der Waals surface area contributed by atoms with Gasteiger partial charge in [-0.05, 0) is 36.0 Å². The minimum Gasteiger partial charge on any atom is -0.326 e. The Bertz CT molecular complexity index is 536. The van der Waals surface area contributed by atoms with Crippen LogP contribution in [0.15, 0.2) is 18.2 Å². The van der Waals surface area contributed by atoms with Gasteiger partial charge >= 0.3 is 0 Å². The van der Waals surface area contributed by atoms with Crippen molar-refractivity contribution >= 4 is 21.4 Å². The van der Waals surface area contributed by atoms with E-state index in [1.165, 1.54) is 0 Å². The van der Waals surface area contributed by atoms with Crippen molar-refractivity contribution in [2.24, 2.45) is 11.7 Å². The highest BCUT2D eigenvalue weighted by Crippen LogP contribution is 2.28. The highest BCUT2D eigenvalue weighted by molar-refractivity contribution is 7.90. The van der Waals surface area contributed by atoms with E-state index in [2.05, 4.69) is 0 Å². The summed E-state index contributed by atoms with van der Waals surface area (Å²) in [6, 6.07) is 5.37. The summed E-state index contributed by atoms with van der Waals surface area (Å²) in [7, 11) is -3.08. The Balaban J connectivity index is 2.06. The molecule has 2 rings (SSSR count). The van der Waals surface area contributed by atoms with Crippen LogP contribution in [0.2, 0.25) is 5.02 Å². The Morgan fingerprint density at radius 1 is 1.26 bits per heavy atom. The van der Waals surface area contributed by atoms with Crippen LogP contribution in [0.3, 0.4) is 0 Å². The lowest BCUT2D eigenvalue weighted by Crippen LogP contribution is -2.16. The number of rotatable bonds is 5. The number of hydrogen-bond donors (Lipinski definition) is 1. The molecule has 19 heavy (non-hydrogen) atoms. The summed E-state index contributed by atoms with van der Waals surface area (Å²) in [6.45, 7) is 0.412. The molecule has 2 N–H and O–H groups in total. The first-order valence-corrected chi connectivity index (χ1v) is 8.88. The topological polar surface area (TPSA) is 60.2 Å². The van der Waals surface area contributed by atoms with E-state index in [9.17, 15) is 8.42 Å². The SMILES string of the molecule is NCc1ccc(CS(=O)(=O)CC2CCCC2)c(Cl)c1. The fraction of sp³-hybridized carbons (Fsp3) is 0.571. The monoisotopic (exact) mass is 301 g/mol. The zero-order valence-corrected chi connectivity index (χ0v) is 12.5. The predicted molar refractivity (Wildman–Crippen MR) is 78.8 cm³/mol. The summed E-state index contributed by atoms with van der Waals surface area (Å²) in [5.74, 6) is 0.668. The summed E-state index contributed by atoms with van der Waals surface area (Å²) in [4.78, 5) is 0. The molecule has 0 unspecified atom stereocenters. The lowest BCUT2D eigenvalue weighted by atomic mass is 10.1. The highest BCUT2D eigenvalue weighted by Gasteiger charge is 2.23. The zero-order valence-electron chi connectivity index (χ0n) is 10.9. The normalized spacial score (nSPS) is 16.9. The molecule has 0 aliphatic heterocycles. The van der Waals surface area contributed by atoms with Gasteiger partial charge in [0, 0.05) is 11.6 Å². The van der Waals surface area contributed by atoms with Gasteiger partial charge < -0.3 is 5.73 Å². The van der Waals surface area contributed by atoms with Gasteiger partial charge in [-0.15, -0.1) is 0 Å². The van der Waals surface area contributed by atoms with Gasteiger partial charge in [0.05, 0.1) is 11.5 Å². The maximum Gasteiger partial charge on any atom is 0.154 e. The largest absolute Gasteiger partial charge is 0.326 e. The predicted octanol–water partition coefficient (Wildman–Crippen LogP) is 2.90. The molecular formula is C14H20ClNO2S. The van der Waals surface area contributed by atoms with Gasteiger partial charge in [0.15, 0.2) is 9.84 Å². The van der Waals surface area contributed by atoms with E-state index in [0.29, 0.717) is 28.8 Å². The fourth-order valence-corrected chi connectivity index (χ4v) is 4.91. The van der Waals surface area contributed by atoms with Crippen molar-refractivity contribution in [1.29, 1.82) is 0 Å².